The standard InChI is InChI=1S/C25H35BFNO5.C13H18INO3/c1-22(2,3)31-21(29)28-13-8-11-25(12-14-28)16-19(18-15-17(27)9-10-20(18)30-25)26-32-23(4,5)24(6,7)33-26;1-4-15(5-2)13(16)10-6-7-11(14)12(8-10)18-9-17-3/h9-10,15-16H,8,11-14H2,1-7H3;6-8H,4-5,9H2,1-3H3. The van der Waals surface area contributed by atoms with Gasteiger partial charge in [0.1, 0.15) is 28.5 Å². The fraction of sp³-hybridized carbons (Fsp3) is 0.579. The van der Waals surface area contributed by atoms with Gasteiger partial charge in [0, 0.05) is 50.8 Å². The molecule has 5 rings (SSSR count). The minimum absolute atomic E-state index is 0.0265. The van der Waals surface area contributed by atoms with Crippen LogP contribution in [-0.2, 0) is 18.8 Å². The number of nitrogens with zero attached hydrogens (tertiary/aromatic N) is 2. The molecule has 0 aromatic heterocycles. The number of halogens is 2. The molecule has 3 aliphatic heterocycles. The van der Waals surface area contributed by atoms with Crippen molar-refractivity contribution >= 4 is 47.2 Å². The highest BCUT2D eigenvalue weighted by atomic mass is 127. The highest BCUT2D eigenvalue weighted by Gasteiger charge is 2.54. The van der Waals surface area contributed by atoms with Gasteiger partial charge in [-0.05, 0) is 146 Å². The Balaban J connectivity index is 0.000000275. The van der Waals surface area contributed by atoms with Crippen LogP contribution in [0.1, 0.15) is 97.5 Å². The average Bonchev–Trinajstić information content (AvgIpc) is 3.15. The van der Waals surface area contributed by atoms with Crippen molar-refractivity contribution in [2.45, 2.75) is 104 Å². The number of amides is 2. The molecule has 2 aromatic rings. The van der Waals surface area contributed by atoms with Gasteiger partial charge in [0.25, 0.3) is 5.91 Å². The lowest BCUT2D eigenvalue weighted by Crippen LogP contribution is -2.41. The number of hydrogen-bond donors (Lipinski definition) is 0. The Morgan fingerprint density at radius 1 is 1.00 bits per heavy atom. The van der Waals surface area contributed by atoms with Crippen LogP contribution in [0, 0.1) is 9.39 Å². The normalized spacial score (nSPS) is 20.7. The molecule has 280 valence electrons. The fourth-order valence-electron chi connectivity index (χ4n) is 6.04. The molecule has 0 bridgehead atoms. The summed E-state index contributed by atoms with van der Waals surface area (Å²) in [7, 11) is 0.930. The minimum Gasteiger partial charge on any atom is -0.483 e. The lowest BCUT2D eigenvalue weighted by atomic mass is 9.69. The maximum atomic E-state index is 14.2. The van der Waals surface area contributed by atoms with Gasteiger partial charge in [-0.1, -0.05) is 0 Å². The summed E-state index contributed by atoms with van der Waals surface area (Å²) >= 11 is 2.17. The molecule has 1 spiro atoms. The van der Waals surface area contributed by atoms with Crippen LogP contribution in [-0.4, -0.2) is 91.4 Å². The summed E-state index contributed by atoms with van der Waals surface area (Å²) in [5.41, 5.74) is -0.156. The first-order valence-electron chi connectivity index (χ1n) is 17.6. The zero-order valence-electron chi connectivity index (χ0n) is 31.7. The Bertz CT molecular complexity index is 1580. The largest absolute Gasteiger partial charge is 0.495 e. The Kier molecular flexibility index (Phi) is 13.2. The van der Waals surface area contributed by atoms with E-state index in [1.807, 2.05) is 80.5 Å². The van der Waals surface area contributed by atoms with E-state index < -0.39 is 29.5 Å². The summed E-state index contributed by atoms with van der Waals surface area (Å²) in [4.78, 5) is 28.4. The molecule has 1 atom stereocenters. The van der Waals surface area contributed by atoms with Gasteiger partial charge in [-0.2, -0.15) is 0 Å². The quantitative estimate of drug-likeness (QED) is 0.157. The molecule has 0 N–H and O–H groups in total. The van der Waals surface area contributed by atoms with Crippen LogP contribution < -0.4 is 9.47 Å². The average molecular weight is 823 g/mol. The van der Waals surface area contributed by atoms with Crippen LogP contribution in [0.2, 0.25) is 0 Å². The monoisotopic (exact) mass is 822 g/mol. The van der Waals surface area contributed by atoms with Crippen molar-refractivity contribution in [3.8, 4) is 11.5 Å². The predicted octanol–water partition coefficient (Wildman–Crippen LogP) is 8.15. The van der Waals surface area contributed by atoms with E-state index in [-0.39, 0.29) is 24.6 Å². The molecule has 3 aliphatic rings. The zero-order chi connectivity index (χ0) is 37.8. The minimum atomic E-state index is -0.638. The van der Waals surface area contributed by atoms with Crippen molar-refractivity contribution in [1.82, 2.24) is 9.80 Å². The molecule has 3 heterocycles. The number of fused-ring (bicyclic) bond motifs is 1. The van der Waals surface area contributed by atoms with E-state index in [0.717, 1.165) is 15.5 Å². The van der Waals surface area contributed by atoms with Crippen molar-refractivity contribution < 1.29 is 42.2 Å². The van der Waals surface area contributed by atoms with E-state index in [2.05, 4.69) is 22.6 Å². The Labute approximate surface area is 316 Å². The first-order chi connectivity index (χ1) is 23.8. The maximum absolute atomic E-state index is 14.2. The summed E-state index contributed by atoms with van der Waals surface area (Å²) in [5, 5.41) is 0. The van der Waals surface area contributed by atoms with Gasteiger partial charge in [-0.3, -0.25) is 4.79 Å². The van der Waals surface area contributed by atoms with Crippen LogP contribution in [0.25, 0.3) is 5.47 Å². The molecule has 2 aromatic carbocycles. The van der Waals surface area contributed by atoms with Crippen LogP contribution in [0.15, 0.2) is 42.5 Å². The second kappa shape index (κ2) is 16.4. The van der Waals surface area contributed by atoms with Crippen LogP contribution >= 0.6 is 22.6 Å². The third-order valence-corrected chi connectivity index (χ3v) is 10.4. The number of likely N-dealkylation sites (tertiary alicyclic amines) is 1. The van der Waals surface area contributed by atoms with E-state index >= 15 is 0 Å². The second-order valence-corrected chi connectivity index (χ2v) is 16.2. The molecule has 0 aliphatic carbocycles. The predicted molar refractivity (Wildman–Crippen MR) is 204 cm³/mol. The van der Waals surface area contributed by atoms with E-state index in [9.17, 15) is 14.0 Å². The van der Waals surface area contributed by atoms with Gasteiger partial charge in [0.05, 0.1) is 14.8 Å². The Hall–Kier alpha value is -2.88. The lowest BCUT2D eigenvalue weighted by Gasteiger charge is -2.37. The fourth-order valence-corrected chi connectivity index (χ4v) is 6.53. The summed E-state index contributed by atoms with van der Waals surface area (Å²) in [5.74, 6) is 0.969. The van der Waals surface area contributed by atoms with Gasteiger partial charge < -0.3 is 38.1 Å². The maximum Gasteiger partial charge on any atom is 0.495 e. The molecular weight excluding hydrogens is 769 g/mol. The molecule has 51 heavy (non-hydrogen) atoms. The summed E-state index contributed by atoms with van der Waals surface area (Å²) in [6, 6.07) is 10.0. The van der Waals surface area contributed by atoms with E-state index in [0.29, 0.717) is 61.6 Å². The van der Waals surface area contributed by atoms with E-state index in [1.54, 1.807) is 29.0 Å². The number of methoxy groups -OCH3 is 1. The molecule has 1 unspecified atom stereocenters. The molecule has 2 saturated heterocycles. The van der Waals surface area contributed by atoms with Gasteiger partial charge in [0.15, 0.2) is 6.79 Å². The third-order valence-electron chi connectivity index (χ3n) is 9.54. The lowest BCUT2D eigenvalue weighted by molar-refractivity contribution is 0.00578. The van der Waals surface area contributed by atoms with Crippen molar-refractivity contribution in [2.75, 3.05) is 40.1 Å². The molecule has 10 nitrogen and oxygen atoms in total. The first kappa shape index (κ1) is 40.9. The van der Waals surface area contributed by atoms with Gasteiger partial charge in [-0.15, -0.1) is 0 Å². The van der Waals surface area contributed by atoms with E-state index in [1.165, 1.54) is 12.1 Å². The van der Waals surface area contributed by atoms with Crippen molar-refractivity contribution in [1.29, 1.82) is 0 Å². The molecule has 2 fully saturated rings. The van der Waals surface area contributed by atoms with Crippen molar-refractivity contribution in [3.63, 3.8) is 0 Å². The summed E-state index contributed by atoms with van der Waals surface area (Å²) in [6.07, 6.45) is 3.78. The van der Waals surface area contributed by atoms with Gasteiger partial charge in [0.2, 0.25) is 0 Å². The third kappa shape index (κ3) is 9.97. The Morgan fingerprint density at radius 3 is 2.27 bits per heavy atom. The Morgan fingerprint density at radius 2 is 1.67 bits per heavy atom. The molecular formula is C38H53BFIN2O8. The SMILES string of the molecule is CC(C)(C)OC(=O)N1CCCC2(C=C(B3OC(C)(C)C(C)(C)O3)c3cc(F)ccc3O2)CC1.CCN(CC)C(=O)c1ccc(I)c(OCOC)c1. The van der Waals surface area contributed by atoms with Gasteiger partial charge in [-0.25, -0.2) is 9.18 Å². The number of ether oxygens (including phenoxy) is 4. The van der Waals surface area contributed by atoms with Gasteiger partial charge >= 0.3 is 13.2 Å². The zero-order valence-corrected chi connectivity index (χ0v) is 33.8. The summed E-state index contributed by atoms with van der Waals surface area (Å²) < 4.78 is 50.2. The molecule has 2 amide bonds. The number of carbonyl (C=O) groups is 2. The van der Waals surface area contributed by atoms with Crippen LogP contribution in [0.4, 0.5) is 9.18 Å². The number of benzene rings is 2. The van der Waals surface area contributed by atoms with E-state index in [4.69, 9.17) is 28.3 Å². The van der Waals surface area contributed by atoms with Crippen LogP contribution in [0.5, 0.6) is 11.5 Å². The highest BCUT2D eigenvalue weighted by Crippen LogP contribution is 2.47. The molecule has 0 radical (unpaired) electrons. The molecule has 0 saturated carbocycles. The number of hydrogen-bond acceptors (Lipinski definition) is 8. The number of carbonyl (C=O) groups excluding carboxylic acids is 2. The second-order valence-electron chi connectivity index (χ2n) is 15.0. The highest BCUT2D eigenvalue weighted by molar-refractivity contribution is 14.1. The number of rotatable bonds is 7. The van der Waals surface area contributed by atoms with Crippen molar-refractivity contribution in [2.24, 2.45) is 0 Å². The molecule has 13 heteroatoms. The topological polar surface area (TPSA) is 96.0 Å². The summed E-state index contributed by atoms with van der Waals surface area (Å²) in [6.45, 7) is 20.2. The first-order valence-corrected chi connectivity index (χ1v) is 18.7. The smallest absolute Gasteiger partial charge is 0.483 e. The van der Waals surface area contributed by atoms with Crippen LogP contribution in [0.3, 0.4) is 0 Å². The van der Waals surface area contributed by atoms with Crippen molar-refractivity contribution in [3.05, 3.63) is 63.0 Å².